The number of hydrogen-bond donors (Lipinski definition) is 4. The molecular formula is C31H31NO4. The standard InChI is InChI=1S/C17H20O2.C14H11NO2/c1-11-9-13(5-7-15(11)18)17(3,4)14-6-8-16(19)12(2)10-14;15-9-14(10-1-5-12(16)6-2-10)11-3-7-13(17)8-4-11/h5-10,18-19H,1-4H3;1-8,14,16-17H. The number of benzene rings is 4. The van der Waals surface area contributed by atoms with Gasteiger partial charge >= 0.3 is 0 Å². The second kappa shape index (κ2) is 10.9. The van der Waals surface area contributed by atoms with Crippen LogP contribution in [0.2, 0.25) is 0 Å². The van der Waals surface area contributed by atoms with Crippen LogP contribution in [0.15, 0.2) is 84.9 Å². The Morgan fingerprint density at radius 2 is 0.972 bits per heavy atom. The lowest BCUT2D eigenvalue weighted by Crippen LogP contribution is -2.19. The average Bonchev–Trinajstić information content (AvgIpc) is 2.85. The number of nitrogens with zero attached hydrogens (tertiary/aromatic N) is 1. The summed E-state index contributed by atoms with van der Waals surface area (Å²) in [4.78, 5) is 0. The molecule has 36 heavy (non-hydrogen) atoms. The van der Waals surface area contributed by atoms with Crippen LogP contribution in [-0.4, -0.2) is 20.4 Å². The maximum atomic E-state index is 9.63. The molecule has 5 heteroatoms. The van der Waals surface area contributed by atoms with Gasteiger partial charge < -0.3 is 20.4 Å². The van der Waals surface area contributed by atoms with Crippen LogP contribution >= 0.6 is 0 Å². The monoisotopic (exact) mass is 481 g/mol. The molecule has 0 amide bonds. The van der Waals surface area contributed by atoms with Crippen molar-refractivity contribution in [2.75, 3.05) is 0 Å². The Kier molecular flexibility index (Phi) is 7.91. The summed E-state index contributed by atoms with van der Waals surface area (Å²) in [5.41, 5.74) is 5.51. The minimum atomic E-state index is -0.392. The summed E-state index contributed by atoms with van der Waals surface area (Å²) in [6.07, 6.45) is 0. The van der Waals surface area contributed by atoms with Gasteiger partial charge in [-0.2, -0.15) is 5.26 Å². The van der Waals surface area contributed by atoms with Gasteiger partial charge in [-0.3, -0.25) is 0 Å². The highest BCUT2D eigenvalue weighted by Crippen LogP contribution is 2.35. The molecule has 0 unspecified atom stereocenters. The van der Waals surface area contributed by atoms with E-state index in [0.717, 1.165) is 33.4 Å². The highest BCUT2D eigenvalue weighted by molar-refractivity contribution is 5.46. The van der Waals surface area contributed by atoms with Gasteiger partial charge in [0.25, 0.3) is 0 Å². The van der Waals surface area contributed by atoms with E-state index in [0.29, 0.717) is 11.5 Å². The number of aromatic hydroxyl groups is 4. The Bertz CT molecular complexity index is 1270. The van der Waals surface area contributed by atoms with Crippen molar-refractivity contribution in [3.8, 4) is 29.1 Å². The van der Waals surface area contributed by atoms with Crippen LogP contribution in [0.4, 0.5) is 0 Å². The summed E-state index contributed by atoms with van der Waals surface area (Å²) in [5, 5.41) is 46.9. The number of nitriles is 1. The third-order valence-corrected chi connectivity index (χ3v) is 6.42. The van der Waals surface area contributed by atoms with Crippen molar-refractivity contribution in [1.82, 2.24) is 0 Å². The molecule has 0 atom stereocenters. The molecule has 0 bridgehead atoms. The van der Waals surface area contributed by atoms with Gasteiger partial charge in [0.1, 0.15) is 23.0 Å². The smallest absolute Gasteiger partial charge is 0.118 e. The first kappa shape index (κ1) is 26.2. The maximum absolute atomic E-state index is 9.63. The molecular weight excluding hydrogens is 450 g/mol. The third-order valence-electron chi connectivity index (χ3n) is 6.42. The molecule has 4 aromatic rings. The van der Waals surface area contributed by atoms with E-state index in [1.807, 2.05) is 38.1 Å². The summed E-state index contributed by atoms with van der Waals surface area (Å²) >= 11 is 0. The lowest BCUT2D eigenvalue weighted by Gasteiger charge is -2.27. The maximum Gasteiger partial charge on any atom is 0.118 e. The molecule has 0 saturated heterocycles. The number of hydrogen-bond acceptors (Lipinski definition) is 5. The van der Waals surface area contributed by atoms with E-state index < -0.39 is 5.92 Å². The van der Waals surface area contributed by atoms with E-state index in [4.69, 9.17) is 0 Å². The van der Waals surface area contributed by atoms with Crippen molar-refractivity contribution >= 4 is 0 Å². The van der Waals surface area contributed by atoms with Gasteiger partial charge in [0, 0.05) is 5.41 Å². The molecule has 4 aromatic carbocycles. The van der Waals surface area contributed by atoms with Crippen LogP contribution in [0.5, 0.6) is 23.0 Å². The van der Waals surface area contributed by atoms with Crippen molar-refractivity contribution < 1.29 is 20.4 Å². The number of phenols is 4. The normalized spacial score (nSPS) is 10.9. The van der Waals surface area contributed by atoms with E-state index in [1.165, 1.54) is 0 Å². The first-order chi connectivity index (χ1) is 17.0. The van der Waals surface area contributed by atoms with Crippen LogP contribution < -0.4 is 0 Å². The van der Waals surface area contributed by atoms with Gasteiger partial charge in [-0.25, -0.2) is 0 Å². The average molecular weight is 482 g/mol. The van der Waals surface area contributed by atoms with E-state index in [9.17, 15) is 25.7 Å². The summed E-state index contributed by atoms with van der Waals surface area (Å²) in [5.74, 6) is 0.603. The van der Waals surface area contributed by atoms with E-state index >= 15 is 0 Å². The summed E-state index contributed by atoms with van der Waals surface area (Å²) < 4.78 is 0. The summed E-state index contributed by atoms with van der Waals surface area (Å²) in [7, 11) is 0. The highest BCUT2D eigenvalue weighted by atomic mass is 16.3. The van der Waals surface area contributed by atoms with Gasteiger partial charge in [0.15, 0.2) is 0 Å². The van der Waals surface area contributed by atoms with Gasteiger partial charge in [-0.1, -0.05) is 62.4 Å². The first-order valence-corrected chi connectivity index (χ1v) is 11.6. The molecule has 0 radical (unpaired) electrons. The lowest BCUT2D eigenvalue weighted by molar-refractivity contribution is 0.469. The number of aryl methyl sites for hydroxylation is 2. The Hall–Kier alpha value is -4.43. The fourth-order valence-electron chi connectivity index (χ4n) is 3.93. The lowest BCUT2D eigenvalue weighted by atomic mass is 9.77. The molecule has 0 fully saturated rings. The Morgan fingerprint density at radius 3 is 1.28 bits per heavy atom. The molecule has 0 heterocycles. The Labute approximate surface area is 212 Å². The van der Waals surface area contributed by atoms with Crippen molar-refractivity contribution in [3.05, 3.63) is 118 Å². The molecule has 4 rings (SSSR count). The van der Waals surface area contributed by atoms with Gasteiger partial charge in [-0.15, -0.1) is 0 Å². The molecule has 0 spiro atoms. The predicted octanol–water partition coefficient (Wildman–Crippen LogP) is 6.79. The molecule has 184 valence electrons. The Morgan fingerprint density at radius 1 is 0.611 bits per heavy atom. The predicted molar refractivity (Wildman–Crippen MR) is 141 cm³/mol. The summed E-state index contributed by atoms with van der Waals surface area (Å²) in [6, 6.07) is 26.7. The largest absolute Gasteiger partial charge is 0.508 e. The molecule has 0 aromatic heterocycles. The topological polar surface area (TPSA) is 105 Å². The van der Waals surface area contributed by atoms with Crippen molar-refractivity contribution in [2.24, 2.45) is 0 Å². The van der Waals surface area contributed by atoms with E-state index in [2.05, 4.69) is 19.9 Å². The van der Waals surface area contributed by atoms with Crippen molar-refractivity contribution in [2.45, 2.75) is 39.0 Å². The molecule has 0 aliphatic rings. The SMILES string of the molecule is Cc1cc(C(C)(C)c2ccc(O)c(C)c2)ccc1O.N#CC(c1ccc(O)cc1)c1ccc(O)cc1. The molecule has 0 saturated carbocycles. The zero-order chi connectivity index (χ0) is 26.5. The quantitative estimate of drug-likeness (QED) is 0.257. The number of rotatable bonds is 4. The third kappa shape index (κ3) is 5.97. The fraction of sp³-hybridized carbons (Fsp3) is 0.194. The minimum Gasteiger partial charge on any atom is -0.508 e. The van der Waals surface area contributed by atoms with Crippen molar-refractivity contribution in [3.63, 3.8) is 0 Å². The Balaban J connectivity index is 0.000000202. The second-order valence-corrected chi connectivity index (χ2v) is 9.37. The molecule has 0 aliphatic carbocycles. The fourth-order valence-corrected chi connectivity index (χ4v) is 3.93. The zero-order valence-corrected chi connectivity index (χ0v) is 20.9. The molecule has 0 aliphatic heterocycles. The number of phenolic OH excluding ortho intramolecular Hbond substituents is 4. The van der Waals surface area contributed by atoms with Crippen LogP contribution in [0, 0.1) is 25.2 Å². The van der Waals surface area contributed by atoms with Crippen LogP contribution in [0.1, 0.15) is 53.1 Å². The molecule has 5 nitrogen and oxygen atoms in total. The first-order valence-electron chi connectivity index (χ1n) is 11.6. The second-order valence-electron chi connectivity index (χ2n) is 9.37. The van der Waals surface area contributed by atoms with E-state index in [1.54, 1.807) is 60.7 Å². The van der Waals surface area contributed by atoms with Crippen LogP contribution in [0.3, 0.4) is 0 Å². The minimum absolute atomic E-state index is 0.170. The molecule has 4 N–H and O–H groups in total. The van der Waals surface area contributed by atoms with E-state index in [-0.39, 0.29) is 16.9 Å². The highest BCUT2D eigenvalue weighted by Gasteiger charge is 2.24. The zero-order valence-electron chi connectivity index (χ0n) is 20.9. The summed E-state index contributed by atoms with van der Waals surface area (Å²) in [6.45, 7) is 8.09. The van der Waals surface area contributed by atoms with Gasteiger partial charge in [0.2, 0.25) is 0 Å². The van der Waals surface area contributed by atoms with Crippen LogP contribution in [0.25, 0.3) is 0 Å². The van der Waals surface area contributed by atoms with Gasteiger partial charge in [0.05, 0.1) is 12.0 Å². The van der Waals surface area contributed by atoms with Gasteiger partial charge in [-0.05, 0) is 83.6 Å². The van der Waals surface area contributed by atoms with Crippen molar-refractivity contribution in [1.29, 1.82) is 5.26 Å². The van der Waals surface area contributed by atoms with Crippen LogP contribution in [-0.2, 0) is 5.41 Å².